The van der Waals surface area contributed by atoms with Gasteiger partial charge in [-0.05, 0) is 36.4 Å². The number of pyridine rings is 1. The highest BCUT2D eigenvalue weighted by Gasteiger charge is 2.12. The number of methoxy groups -OCH3 is 1. The highest BCUT2D eigenvalue weighted by Crippen LogP contribution is 2.12. The summed E-state index contributed by atoms with van der Waals surface area (Å²) < 4.78 is 9.65. The molecule has 2 rings (SSSR count). The predicted octanol–water partition coefficient (Wildman–Crippen LogP) is 0.530. The highest BCUT2D eigenvalue weighted by atomic mass is 16.6. The maximum atomic E-state index is 12.2. The topological polar surface area (TPSA) is 144 Å². The molecular weight excluding hydrogens is 352 g/mol. The van der Waals surface area contributed by atoms with Crippen LogP contribution >= 0.6 is 0 Å². The molecule has 0 aliphatic heterocycles. The number of nitrogens with two attached hydrogens (primary N) is 1. The number of ether oxygens (including phenoxy) is 2. The lowest BCUT2D eigenvalue weighted by molar-refractivity contribution is -0.142. The normalized spacial score (nSPS) is 9.96. The molecule has 1 aromatic carbocycles. The molecule has 1 amide bonds. The van der Waals surface area contributed by atoms with Crippen molar-refractivity contribution in [2.45, 2.75) is 0 Å². The number of Topliss-reactive ketones (excluding diaryl/α,β-unsaturated/α-hetero) is 1. The minimum atomic E-state index is -0.517. The number of amidine groups is 1. The summed E-state index contributed by atoms with van der Waals surface area (Å²) in [6.45, 7) is -0.438. The number of carbonyl (C=O) groups is 3. The molecule has 0 unspecified atom stereocenters. The smallest absolute Gasteiger partial charge is 0.343 e. The molecule has 0 saturated heterocycles. The summed E-state index contributed by atoms with van der Waals surface area (Å²) in [4.78, 5) is 39.1. The maximum absolute atomic E-state index is 12.2. The zero-order valence-corrected chi connectivity index (χ0v) is 14.5. The van der Waals surface area contributed by atoms with Gasteiger partial charge < -0.3 is 20.5 Å². The van der Waals surface area contributed by atoms with Crippen molar-refractivity contribution in [3.8, 4) is 5.75 Å². The molecule has 0 aliphatic carbocycles. The molecule has 0 radical (unpaired) electrons. The average Bonchev–Trinajstić information content (AvgIpc) is 2.70. The fourth-order valence-corrected chi connectivity index (χ4v) is 1.98. The Balaban J connectivity index is 1.88. The number of hydrogen-bond acceptors (Lipinski definition) is 7. The van der Waals surface area contributed by atoms with Crippen LogP contribution in [0.1, 0.15) is 26.4 Å². The molecular formula is C18H18N4O5. The van der Waals surface area contributed by atoms with Crippen LogP contribution < -0.4 is 15.8 Å². The lowest BCUT2D eigenvalue weighted by Crippen LogP contribution is -2.30. The van der Waals surface area contributed by atoms with Gasteiger partial charge in [0.15, 0.2) is 12.4 Å². The fraction of sp³-hybridized carbons (Fsp3) is 0.167. The Kier molecular flexibility index (Phi) is 6.59. The Morgan fingerprint density at radius 3 is 2.33 bits per heavy atom. The fourth-order valence-electron chi connectivity index (χ4n) is 1.98. The molecule has 0 aliphatic rings. The van der Waals surface area contributed by atoms with Crippen LogP contribution in [0.25, 0.3) is 0 Å². The number of nitrogens with zero attached hydrogens (tertiary/aromatic N) is 1. The van der Waals surface area contributed by atoms with E-state index in [9.17, 15) is 14.4 Å². The Hall–Kier alpha value is -3.75. The summed E-state index contributed by atoms with van der Waals surface area (Å²) in [5.41, 5.74) is 6.21. The van der Waals surface area contributed by atoms with E-state index < -0.39 is 11.9 Å². The number of nitrogens with one attached hydrogen (secondary N) is 2. The Bertz CT molecular complexity index is 847. The molecule has 0 saturated carbocycles. The first-order valence-electron chi connectivity index (χ1n) is 7.82. The quantitative estimate of drug-likeness (QED) is 0.266. The van der Waals surface area contributed by atoms with Crippen LogP contribution in [-0.4, -0.2) is 48.7 Å². The van der Waals surface area contributed by atoms with E-state index in [0.29, 0.717) is 16.9 Å². The maximum Gasteiger partial charge on any atom is 0.343 e. The van der Waals surface area contributed by atoms with Crippen LogP contribution in [0.3, 0.4) is 0 Å². The Labute approximate surface area is 155 Å². The molecule has 2 aromatic rings. The third-order valence-corrected chi connectivity index (χ3v) is 3.48. The molecule has 4 N–H and O–H groups in total. The van der Waals surface area contributed by atoms with Crippen molar-refractivity contribution in [2.24, 2.45) is 5.73 Å². The lowest BCUT2D eigenvalue weighted by Gasteiger charge is -2.07. The zero-order valence-electron chi connectivity index (χ0n) is 14.5. The number of esters is 1. The number of amides is 1. The summed E-state index contributed by atoms with van der Waals surface area (Å²) >= 11 is 0. The number of aromatic nitrogens is 1. The van der Waals surface area contributed by atoms with Gasteiger partial charge in [0, 0.05) is 17.3 Å². The van der Waals surface area contributed by atoms with Crippen molar-refractivity contribution in [3.63, 3.8) is 0 Å². The molecule has 9 nitrogen and oxygen atoms in total. The first kappa shape index (κ1) is 19.6. The minimum absolute atomic E-state index is 0.111. The van der Waals surface area contributed by atoms with E-state index in [1.54, 1.807) is 12.1 Å². The first-order valence-corrected chi connectivity index (χ1v) is 7.82. The molecule has 140 valence electrons. The third-order valence-electron chi connectivity index (χ3n) is 3.48. The SMILES string of the molecule is COC(=O)COc1ccc(C(=O)CNC(=O)c2ccc(C(=N)N)cn2)cc1. The molecule has 0 bridgehead atoms. The number of ketones is 1. The van der Waals surface area contributed by atoms with Crippen molar-refractivity contribution in [3.05, 3.63) is 59.4 Å². The summed E-state index contributed by atoms with van der Waals surface area (Å²) in [6, 6.07) is 9.06. The van der Waals surface area contributed by atoms with Gasteiger partial charge in [0.1, 0.15) is 17.3 Å². The second-order valence-electron chi connectivity index (χ2n) is 5.34. The summed E-state index contributed by atoms with van der Waals surface area (Å²) in [5.74, 6) is -1.07. The van der Waals surface area contributed by atoms with Crippen LogP contribution in [0.4, 0.5) is 0 Å². The third kappa shape index (κ3) is 5.63. The van der Waals surface area contributed by atoms with Crippen LogP contribution in [0.15, 0.2) is 42.6 Å². The van der Waals surface area contributed by atoms with Gasteiger partial charge >= 0.3 is 5.97 Å². The van der Waals surface area contributed by atoms with Crippen molar-refractivity contribution in [1.29, 1.82) is 5.41 Å². The molecule has 9 heteroatoms. The number of rotatable bonds is 8. The second-order valence-corrected chi connectivity index (χ2v) is 5.34. The van der Waals surface area contributed by atoms with Gasteiger partial charge in [-0.15, -0.1) is 0 Å². The van der Waals surface area contributed by atoms with Crippen LogP contribution in [-0.2, 0) is 9.53 Å². The van der Waals surface area contributed by atoms with Gasteiger partial charge in [-0.3, -0.25) is 20.0 Å². The lowest BCUT2D eigenvalue weighted by atomic mass is 10.1. The Morgan fingerprint density at radius 2 is 1.78 bits per heavy atom. The van der Waals surface area contributed by atoms with E-state index >= 15 is 0 Å². The summed E-state index contributed by atoms with van der Waals surface area (Å²) in [7, 11) is 1.26. The van der Waals surface area contributed by atoms with Gasteiger partial charge in [-0.2, -0.15) is 0 Å². The van der Waals surface area contributed by atoms with Gasteiger partial charge in [0.2, 0.25) is 0 Å². The van der Waals surface area contributed by atoms with E-state index in [0.717, 1.165) is 0 Å². The van der Waals surface area contributed by atoms with E-state index in [4.69, 9.17) is 15.9 Å². The van der Waals surface area contributed by atoms with Crippen LogP contribution in [0.5, 0.6) is 5.75 Å². The van der Waals surface area contributed by atoms with Gasteiger partial charge in [0.25, 0.3) is 5.91 Å². The number of nitrogen functional groups attached to an aromatic ring is 1. The molecule has 27 heavy (non-hydrogen) atoms. The standard InChI is InChI=1S/C18H18N4O5/c1-26-16(24)10-27-13-5-2-11(3-6-13)15(23)9-22-18(25)14-7-4-12(8-21-14)17(19)20/h2-8H,9-10H2,1H3,(H3,19,20)(H,22,25). The zero-order chi connectivity index (χ0) is 19.8. The van der Waals surface area contributed by atoms with E-state index in [1.807, 2.05) is 0 Å². The highest BCUT2D eigenvalue weighted by molar-refractivity contribution is 6.02. The van der Waals surface area contributed by atoms with E-state index in [-0.39, 0.29) is 30.5 Å². The van der Waals surface area contributed by atoms with Gasteiger partial charge in [-0.25, -0.2) is 4.79 Å². The second kappa shape index (κ2) is 9.09. The van der Waals surface area contributed by atoms with E-state index in [2.05, 4.69) is 15.0 Å². The van der Waals surface area contributed by atoms with Crippen molar-refractivity contribution < 1.29 is 23.9 Å². The minimum Gasteiger partial charge on any atom is -0.482 e. The molecule has 0 fully saturated rings. The summed E-state index contributed by atoms with van der Waals surface area (Å²) in [6.07, 6.45) is 1.31. The van der Waals surface area contributed by atoms with Gasteiger partial charge in [0.05, 0.1) is 13.7 Å². The molecule has 1 aromatic heterocycles. The monoisotopic (exact) mass is 370 g/mol. The molecule has 0 spiro atoms. The number of benzene rings is 1. The van der Waals surface area contributed by atoms with Crippen molar-refractivity contribution in [2.75, 3.05) is 20.3 Å². The van der Waals surface area contributed by atoms with Crippen LogP contribution in [0.2, 0.25) is 0 Å². The van der Waals surface area contributed by atoms with Crippen molar-refractivity contribution in [1.82, 2.24) is 10.3 Å². The average molecular weight is 370 g/mol. The van der Waals surface area contributed by atoms with E-state index in [1.165, 1.54) is 37.6 Å². The van der Waals surface area contributed by atoms with Gasteiger partial charge in [-0.1, -0.05) is 0 Å². The summed E-state index contributed by atoms with van der Waals surface area (Å²) in [5, 5.41) is 9.76. The largest absolute Gasteiger partial charge is 0.482 e. The molecule has 0 atom stereocenters. The van der Waals surface area contributed by atoms with Crippen LogP contribution in [0, 0.1) is 5.41 Å². The number of carbonyl (C=O) groups excluding carboxylic acids is 3. The predicted molar refractivity (Wildman–Crippen MR) is 95.9 cm³/mol. The molecule has 1 heterocycles. The Morgan fingerprint density at radius 1 is 1.11 bits per heavy atom. The van der Waals surface area contributed by atoms with Crippen molar-refractivity contribution >= 4 is 23.5 Å². The first-order chi connectivity index (χ1) is 12.9. The number of hydrogen-bond donors (Lipinski definition) is 3.